The van der Waals surface area contributed by atoms with Gasteiger partial charge < -0.3 is 20.5 Å². The topological polar surface area (TPSA) is 65.9 Å². The third-order valence-corrected chi connectivity index (χ3v) is 3.88. The van der Waals surface area contributed by atoms with E-state index in [-0.39, 0.29) is 11.8 Å². The molecular formula is C20H27N3O2. The van der Waals surface area contributed by atoms with Crippen LogP contribution in [0.3, 0.4) is 0 Å². The van der Waals surface area contributed by atoms with Gasteiger partial charge in [-0.15, -0.1) is 0 Å². The fraction of sp³-hybridized carbons (Fsp3) is 0.350. The second-order valence-electron chi connectivity index (χ2n) is 5.98. The van der Waals surface area contributed by atoms with Gasteiger partial charge in [-0.2, -0.15) is 0 Å². The number of aryl methyl sites for hydroxylation is 1. The maximum absolute atomic E-state index is 9.57. The highest BCUT2D eigenvalue weighted by Crippen LogP contribution is 2.26. The van der Waals surface area contributed by atoms with E-state index in [9.17, 15) is 5.11 Å². The largest absolute Gasteiger partial charge is 0.508 e. The molecule has 0 heterocycles. The number of aromatic hydroxyl groups is 1. The lowest BCUT2D eigenvalue weighted by molar-refractivity contribution is 0.405. The van der Waals surface area contributed by atoms with Crippen molar-refractivity contribution >= 4 is 5.96 Å². The van der Waals surface area contributed by atoms with Crippen molar-refractivity contribution < 1.29 is 9.84 Å². The molecule has 5 heteroatoms. The normalized spacial score (nSPS) is 12.6. The molecule has 2 aromatic carbocycles. The molecule has 5 nitrogen and oxygen atoms in total. The van der Waals surface area contributed by atoms with Crippen molar-refractivity contribution in [3.8, 4) is 11.5 Å². The lowest BCUT2D eigenvalue weighted by Crippen LogP contribution is -2.38. The Morgan fingerprint density at radius 3 is 2.72 bits per heavy atom. The molecule has 2 aromatic rings. The number of nitrogens with zero attached hydrogens (tertiary/aromatic N) is 1. The molecule has 25 heavy (non-hydrogen) atoms. The summed E-state index contributed by atoms with van der Waals surface area (Å²) in [5.74, 6) is 1.83. The molecule has 0 radical (unpaired) electrons. The van der Waals surface area contributed by atoms with Gasteiger partial charge >= 0.3 is 0 Å². The van der Waals surface area contributed by atoms with Gasteiger partial charge in [0.05, 0.1) is 19.7 Å². The van der Waals surface area contributed by atoms with Gasteiger partial charge in [0.15, 0.2) is 5.96 Å². The van der Waals surface area contributed by atoms with E-state index in [0.29, 0.717) is 6.54 Å². The summed E-state index contributed by atoms with van der Waals surface area (Å²) < 4.78 is 5.48. The molecule has 0 aliphatic heterocycles. The van der Waals surface area contributed by atoms with E-state index in [0.717, 1.165) is 29.4 Å². The number of hydrogen-bond acceptors (Lipinski definition) is 3. The molecular weight excluding hydrogens is 314 g/mol. The number of hydrogen-bond donors (Lipinski definition) is 3. The fourth-order valence-electron chi connectivity index (χ4n) is 2.62. The lowest BCUT2D eigenvalue weighted by atomic mass is 10.0. The molecule has 0 saturated heterocycles. The smallest absolute Gasteiger partial charge is 0.192 e. The highest BCUT2D eigenvalue weighted by molar-refractivity contribution is 5.80. The molecule has 0 saturated carbocycles. The first-order valence-electron chi connectivity index (χ1n) is 8.50. The van der Waals surface area contributed by atoms with Crippen molar-refractivity contribution in [1.29, 1.82) is 0 Å². The molecule has 134 valence electrons. The monoisotopic (exact) mass is 341 g/mol. The molecule has 0 aliphatic rings. The van der Waals surface area contributed by atoms with Crippen molar-refractivity contribution in [3.63, 3.8) is 0 Å². The molecule has 0 amide bonds. The predicted octanol–water partition coefficient (Wildman–Crippen LogP) is 3.53. The zero-order valence-corrected chi connectivity index (χ0v) is 15.3. The van der Waals surface area contributed by atoms with Crippen LogP contribution in [0.2, 0.25) is 0 Å². The average Bonchev–Trinajstić information content (AvgIpc) is 2.60. The number of ether oxygens (including phenoxy) is 1. The minimum Gasteiger partial charge on any atom is -0.508 e. The summed E-state index contributed by atoms with van der Waals surface area (Å²) in [4.78, 5) is 4.61. The van der Waals surface area contributed by atoms with Crippen LogP contribution in [-0.4, -0.2) is 24.7 Å². The maximum atomic E-state index is 9.57. The zero-order valence-electron chi connectivity index (χ0n) is 15.3. The summed E-state index contributed by atoms with van der Waals surface area (Å²) >= 11 is 0. The Morgan fingerprint density at radius 2 is 2.04 bits per heavy atom. The zero-order chi connectivity index (χ0) is 18.2. The SMILES string of the molecule is CCNC(=NCc1cccc(O)c1)NC(C)c1cc(C)ccc1OC. The first-order valence-corrected chi connectivity index (χ1v) is 8.50. The highest BCUT2D eigenvalue weighted by Gasteiger charge is 2.13. The van der Waals surface area contributed by atoms with Crippen LogP contribution < -0.4 is 15.4 Å². The maximum Gasteiger partial charge on any atom is 0.192 e. The van der Waals surface area contributed by atoms with Gasteiger partial charge in [0.2, 0.25) is 0 Å². The van der Waals surface area contributed by atoms with E-state index in [1.54, 1.807) is 19.2 Å². The van der Waals surface area contributed by atoms with Gasteiger partial charge in [0.1, 0.15) is 11.5 Å². The number of aliphatic imine (C=N–C) groups is 1. The summed E-state index contributed by atoms with van der Waals surface area (Å²) in [6.45, 7) is 7.43. The van der Waals surface area contributed by atoms with Gasteiger partial charge in [-0.05, 0) is 44.5 Å². The van der Waals surface area contributed by atoms with Crippen molar-refractivity contribution in [1.82, 2.24) is 10.6 Å². The summed E-state index contributed by atoms with van der Waals surface area (Å²) in [5.41, 5.74) is 3.23. The minimum atomic E-state index is 0.0387. The second kappa shape index (κ2) is 8.97. The van der Waals surface area contributed by atoms with Crippen LogP contribution in [0.5, 0.6) is 11.5 Å². The Morgan fingerprint density at radius 1 is 1.24 bits per heavy atom. The number of phenols is 1. The van der Waals surface area contributed by atoms with Gasteiger partial charge in [0.25, 0.3) is 0 Å². The first-order chi connectivity index (χ1) is 12.0. The molecule has 0 aromatic heterocycles. The number of methoxy groups -OCH3 is 1. The molecule has 1 unspecified atom stereocenters. The van der Waals surface area contributed by atoms with Crippen LogP contribution in [0.4, 0.5) is 0 Å². The summed E-state index contributed by atoms with van der Waals surface area (Å²) in [6, 6.07) is 13.3. The average molecular weight is 341 g/mol. The Bertz CT molecular complexity index is 729. The van der Waals surface area contributed by atoms with E-state index in [4.69, 9.17) is 4.74 Å². The van der Waals surface area contributed by atoms with Gasteiger partial charge in [-0.3, -0.25) is 0 Å². The van der Waals surface area contributed by atoms with E-state index in [2.05, 4.69) is 35.5 Å². The Labute approximate surface area is 149 Å². The molecule has 3 N–H and O–H groups in total. The predicted molar refractivity (Wildman–Crippen MR) is 102 cm³/mol. The third-order valence-electron chi connectivity index (χ3n) is 3.88. The van der Waals surface area contributed by atoms with Crippen molar-refractivity contribution in [2.45, 2.75) is 33.4 Å². The van der Waals surface area contributed by atoms with Crippen LogP contribution in [0.25, 0.3) is 0 Å². The fourth-order valence-corrected chi connectivity index (χ4v) is 2.62. The molecule has 0 fully saturated rings. The summed E-state index contributed by atoms with van der Waals surface area (Å²) in [5, 5.41) is 16.2. The molecule has 1 atom stereocenters. The van der Waals surface area contributed by atoms with E-state index >= 15 is 0 Å². The van der Waals surface area contributed by atoms with E-state index in [1.807, 2.05) is 31.2 Å². The number of nitrogens with one attached hydrogen (secondary N) is 2. The van der Waals surface area contributed by atoms with Crippen LogP contribution in [0.15, 0.2) is 47.5 Å². The first kappa shape index (κ1) is 18.6. The number of phenolic OH excluding ortho intramolecular Hbond substituents is 1. The summed E-state index contributed by atoms with van der Waals surface area (Å²) in [6.07, 6.45) is 0. The summed E-state index contributed by atoms with van der Waals surface area (Å²) in [7, 11) is 1.68. The van der Waals surface area contributed by atoms with Crippen molar-refractivity contribution in [2.75, 3.05) is 13.7 Å². The lowest BCUT2D eigenvalue weighted by Gasteiger charge is -2.20. The van der Waals surface area contributed by atoms with Gasteiger partial charge in [-0.1, -0.05) is 29.8 Å². The third kappa shape index (κ3) is 5.41. The Hall–Kier alpha value is -2.69. The van der Waals surface area contributed by atoms with Gasteiger partial charge in [0, 0.05) is 12.1 Å². The van der Waals surface area contributed by atoms with Crippen LogP contribution in [0, 0.1) is 6.92 Å². The molecule has 0 aliphatic carbocycles. The van der Waals surface area contributed by atoms with Crippen LogP contribution in [0.1, 0.15) is 36.6 Å². The number of guanidine groups is 1. The Kier molecular flexibility index (Phi) is 6.69. The van der Waals surface area contributed by atoms with Crippen LogP contribution >= 0.6 is 0 Å². The standard InChI is InChI=1S/C20H27N3O2/c1-5-21-20(22-13-16-7-6-8-17(24)12-16)23-15(3)18-11-14(2)9-10-19(18)25-4/h6-12,15,24H,5,13H2,1-4H3,(H2,21,22,23). The Balaban J connectivity index is 2.15. The van der Waals surface area contributed by atoms with E-state index < -0.39 is 0 Å². The van der Waals surface area contributed by atoms with E-state index in [1.165, 1.54) is 5.56 Å². The number of benzene rings is 2. The van der Waals surface area contributed by atoms with Crippen molar-refractivity contribution in [3.05, 3.63) is 59.2 Å². The molecule has 2 rings (SSSR count). The second-order valence-corrected chi connectivity index (χ2v) is 5.98. The van der Waals surface area contributed by atoms with Crippen molar-refractivity contribution in [2.24, 2.45) is 4.99 Å². The minimum absolute atomic E-state index is 0.0387. The number of rotatable bonds is 6. The molecule has 0 bridgehead atoms. The van der Waals surface area contributed by atoms with Crippen LogP contribution in [-0.2, 0) is 6.54 Å². The molecule has 0 spiro atoms. The quantitative estimate of drug-likeness (QED) is 0.555. The highest BCUT2D eigenvalue weighted by atomic mass is 16.5. The van der Waals surface area contributed by atoms with Gasteiger partial charge in [-0.25, -0.2) is 4.99 Å².